The van der Waals surface area contributed by atoms with Gasteiger partial charge in [0.05, 0.1) is 4.88 Å². The highest BCUT2D eigenvalue weighted by atomic mass is 79.9. The molecule has 0 spiro atoms. The van der Waals surface area contributed by atoms with Crippen LogP contribution >= 0.6 is 27.3 Å². The molecule has 1 aromatic heterocycles. The lowest BCUT2D eigenvalue weighted by molar-refractivity contribution is 0.0250. The number of halogens is 2. The van der Waals surface area contributed by atoms with Crippen LogP contribution in [0.5, 0.6) is 0 Å². The minimum absolute atomic E-state index is 0.130. The third kappa shape index (κ3) is 7.93. The number of rotatable bonds is 4. The van der Waals surface area contributed by atoms with Crippen molar-refractivity contribution >= 4 is 33.6 Å². The molecule has 194 valence electrons. The van der Waals surface area contributed by atoms with Gasteiger partial charge in [0.2, 0.25) is 0 Å². The van der Waals surface area contributed by atoms with Crippen molar-refractivity contribution in [1.82, 2.24) is 9.80 Å². The number of piperidine rings is 1. The molecule has 0 bridgehead atoms. The van der Waals surface area contributed by atoms with Crippen LogP contribution in [0.4, 0.5) is 4.39 Å². The standard InChI is InChI=1S/C21H23BrFNO2S.C5H11N.C2H6/c22-18-12-20(27-21(18)13-25)15-1-2-17(19(23)11-15)14-3-7-24(8-4-14)16-5-9-26-10-6-16;1-6-4-2-3-5-6;1-2/h1-2,11-14,16H,3-10H2;2-5H2,1H3;1-2H3. The van der Waals surface area contributed by atoms with E-state index in [2.05, 4.69) is 32.8 Å². The summed E-state index contributed by atoms with van der Waals surface area (Å²) in [4.78, 5) is 17.5. The van der Waals surface area contributed by atoms with E-state index in [0.29, 0.717) is 10.9 Å². The summed E-state index contributed by atoms with van der Waals surface area (Å²) in [5.41, 5.74) is 1.66. The van der Waals surface area contributed by atoms with Gasteiger partial charge in [-0.15, -0.1) is 11.3 Å². The second-order valence-electron chi connectivity index (χ2n) is 9.34. The molecule has 3 aliphatic heterocycles. The van der Waals surface area contributed by atoms with Crippen LogP contribution in [0.2, 0.25) is 0 Å². The van der Waals surface area contributed by atoms with Crippen LogP contribution < -0.4 is 0 Å². The highest BCUT2D eigenvalue weighted by Gasteiger charge is 2.28. The lowest BCUT2D eigenvalue weighted by Gasteiger charge is -2.39. The van der Waals surface area contributed by atoms with Crippen molar-refractivity contribution in [3.8, 4) is 10.4 Å². The predicted molar refractivity (Wildman–Crippen MR) is 148 cm³/mol. The van der Waals surface area contributed by atoms with E-state index in [4.69, 9.17) is 4.74 Å². The van der Waals surface area contributed by atoms with Gasteiger partial charge in [0.25, 0.3) is 0 Å². The third-order valence-corrected chi connectivity index (χ3v) is 9.14. The zero-order valence-electron chi connectivity index (χ0n) is 21.4. The number of hydrogen-bond acceptors (Lipinski definition) is 5. The summed E-state index contributed by atoms with van der Waals surface area (Å²) in [6, 6.07) is 8.06. The average Bonchev–Trinajstić information content (AvgIpc) is 3.54. The molecule has 35 heavy (non-hydrogen) atoms. The van der Waals surface area contributed by atoms with Gasteiger partial charge in [0.15, 0.2) is 6.29 Å². The van der Waals surface area contributed by atoms with Crippen LogP contribution in [0.25, 0.3) is 10.4 Å². The van der Waals surface area contributed by atoms with E-state index in [1.54, 1.807) is 6.07 Å². The van der Waals surface area contributed by atoms with Gasteiger partial charge in [-0.2, -0.15) is 0 Å². The minimum atomic E-state index is -0.130. The fraction of sp³-hybridized carbons (Fsp3) is 0.607. The summed E-state index contributed by atoms with van der Waals surface area (Å²) in [6.07, 6.45) is 7.91. The molecule has 3 fully saturated rings. The molecule has 0 atom stereocenters. The maximum absolute atomic E-state index is 14.9. The topological polar surface area (TPSA) is 32.8 Å². The molecule has 0 saturated carbocycles. The predicted octanol–water partition coefficient (Wildman–Crippen LogP) is 7.23. The number of hydrogen-bond donors (Lipinski definition) is 0. The van der Waals surface area contributed by atoms with Crippen LogP contribution in [-0.2, 0) is 4.74 Å². The molecule has 0 aliphatic carbocycles. The fourth-order valence-electron chi connectivity index (χ4n) is 5.12. The molecule has 4 nitrogen and oxygen atoms in total. The summed E-state index contributed by atoms with van der Waals surface area (Å²) < 4.78 is 21.1. The molecule has 0 amide bonds. The monoisotopic (exact) mass is 566 g/mol. The summed E-state index contributed by atoms with van der Waals surface area (Å²) in [5.74, 6) is 0.157. The molecule has 0 radical (unpaired) electrons. The van der Waals surface area contributed by atoms with Crippen LogP contribution in [0.15, 0.2) is 28.7 Å². The molecule has 1 aromatic carbocycles. The SMILES string of the molecule is CC.CN1CCCC1.O=Cc1sc(-c2ccc(C3CCN(C4CCOCC4)CC3)c(F)c2)cc1Br. The molecule has 7 heteroatoms. The van der Waals surface area contributed by atoms with Gasteiger partial charge < -0.3 is 14.5 Å². The maximum Gasteiger partial charge on any atom is 0.161 e. The second kappa shape index (κ2) is 14.6. The molecular weight excluding hydrogens is 527 g/mol. The Balaban J connectivity index is 0.000000369. The normalized spacial score (nSPS) is 20.0. The van der Waals surface area contributed by atoms with Crippen LogP contribution in [0, 0.1) is 5.82 Å². The third-order valence-electron chi connectivity index (χ3n) is 7.11. The van der Waals surface area contributed by atoms with E-state index < -0.39 is 0 Å². The molecular formula is C28H40BrFN2O2S. The fourth-order valence-corrected chi connectivity index (χ4v) is 6.70. The molecule has 0 N–H and O–H groups in total. The minimum Gasteiger partial charge on any atom is -0.381 e. The Kier molecular flexibility index (Phi) is 11.8. The zero-order chi connectivity index (χ0) is 25.2. The van der Waals surface area contributed by atoms with Crippen LogP contribution in [-0.4, -0.2) is 68.6 Å². The number of thiophene rings is 1. The number of aldehydes is 1. The van der Waals surface area contributed by atoms with Crippen molar-refractivity contribution in [3.05, 3.63) is 45.0 Å². The second-order valence-corrected chi connectivity index (χ2v) is 11.3. The number of carbonyl (C=O) groups is 1. The number of likely N-dealkylation sites (tertiary alicyclic amines) is 2. The van der Waals surface area contributed by atoms with E-state index in [1.165, 1.54) is 37.3 Å². The van der Waals surface area contributed by atoms with Crippen molar-refractivity contribution in [3.63, 3.8) is 0 Å². The Bertz CT molecular complexity index is 918. The first kappa shape index (κ1) is 28.5. The van der Waals surface area contributed by atoms with Crippen LogP contribution in [0.3, 0.4) is 0 Å². The molecule has 0 unspecified atom stereocenters. The van der Waals surface area contributed by atoms with Gasteiger partial charge in [-0.05, 0) is 117 Å². The summed E-state index contributed by atoms with van der Waals surface area (Å²) in [6.45, 7) is 10.4. The molecule has 4 heterocycles. The highest BCUT2D eigenvalue weighted by Crippen LogP contribution is 2.37. The van der Waals surface area contributed by atoms with E-state index in [1.807, 2.05) is 32.0 Å². The first-order valence-corrected chi connectivity index (χ1v) is 14.7. The van der Waals surface area contributed by atoms with Crippen molar-refractivity contribution in [2.24, 2.45) is 0 Å². The average molecular weight is 568 g/mol. The summed E-state index contributed by atoms with van der Waals surface area (Å²) >= 11 is 4.76. The van der Waals surface area contributed by atoms with Crippen LogP contribution in [0.1, 0.15) is 73.5 Å². The Labute approximate surface area is 223 Å². The number of benzene rings is 1. The first-order chi connectivity index (χ1) is 17.0. The summed E-state index contributed by atoms with van der Waals surface area (Å²) in [5, 5.41) is 0. The van der Waals surface area contributed by atoms with Gasteiger partial charge in [-0.3, -0.25) is 4.79 Å². The molecule has 3 saturated heterocycles. The highest BCUT2D eigenvalue weighted by molar-refractivity contribution is 9.10. The van der Waals surface area contributed by atoms with Crippen molar-refractivity contribution < 1.29 is 13.9 Å². The zero-order valence-corrected chi connectivity index (χ0v) is 23.8. The quantitative estimate of drug-likeness (QED) is 0.365. The molecule has 2 aromatic rings. The molecule has 5 rings (SSSR count). The van der Waals surface area contributed by atoms with Gasteiger partial charge in [-0.1, -0.05) is 26.0 Å². The lowest BCUT2D eigenvalue weighted by Crippen LogP contribution is -2.43. The Morgan fingerprint density at radius 2 is 1.69 bits per heavy atom. The summed E-state index contributed by atoms with van der Waals surface area (Å²) in [7, 11) is 2.17. The first-order valence-electron chi connectivity index (χ1n) is 13.1. The van der Waals surface area contributed by atoms with Gasteiger partial charge in [-0.25, -0.2) is 4.39 Å². The van der Waals surface area contributed by atoms with Gasteiger partial charge >= 0.3 is 0 Å². The maximum atomic E-state index is 14.9. The van der Waals surface area contributed by atoms with Crippen molar-refractivity contribution in [2.75, 3.05) is 46.4 Å². The lowest BCUT2D eigenvalue weighted by atomic mass is 9.87. The van der Waals surface area contributed by atoms with Crippen molar-refractivity contribution in [2.45, 2.75) is 64.3 Å². The van der Waals surface area contributed by atoms with E-state index in [0.717, 1.165) is 78.7 Å². The molecule has 3 aliphatic rings. The Morgan fingerprint density at radius 3 is 2.20 bits per heavy atom. The smallest absolute Gasteiger partial charge is 0.161 e. The van der Waals surface area contributed by atoms with E-state index in [-0.39, 0.29) is 11.7 Å². The van der Waals surface area contributed by atoms with Gasteiger partial charge in [0, 0.05) is 28.6 Å². The largest absolute Gasteiger partial charge is 0.381 e. The number of nitrogens with zero attached hydrogens (tertiary/aromatic N) is 2. The number of carbonyl (C=O) groups excluding carboxylic acids is 1. The van der Waals surface area contributed by atoms with E-state index >= 15 is 0 Å². The van der Waals surface area contributed by atoms with E-state index in [9.17, 15) is 9.18 Å². The Morgan fingerprint density at radius 1 is 1.03 bits per heavy atom. The Hall–Kier alpha value is -1.12. The number of ether oxygens (including phenoxy) is 1. The van der Waals surface area contributed by atoms with Gasteiger partial charge in [0.1, 0.15) is 5.82 Å². The van der Waals surface area contributed by atoms with Crippen molar-refractivity contribution in [1.29, 1.82) is 0 Å².